The third-order valence-electron chi connectivity index (χ3n) is 3.69. The van der Waals surface area contributed by atoms with E-state index in [0.717, 1.165) is 11.3 Å². The second-order valence-corrected chi connectivity index (χ2v) is 5.84. The fraction of sp³-hybridized carbons (Fsp3) is 0.412. The number of carboxylic acids is 1. The third kappa shape index (κ3) is 5.68. The Bertz CT molecular complexity index is 772. The summed E-state index contributed by atoms with van der Waals surface area (Å²) < 4.78 is 43.5. The van der Waals surface area contributed by atoms with Crippen molar-refractivity contribution in [2.24, 2.45) is 7.05 Å². The van der Waals surface area contributed by atoms with Gasteiger partial charge >= 0.3 is 12.1 Å². The van der Waals surface area contributed by atoms with E-state index in [0.29, 0.717) is 17.7 Å². The molecule has 0 saturated heterocycles. The first-order valence-corrected chi connectivity index (χ1v) is 7.92. The molecule has 0 unspecified atom stereocenters. The number of nitrogens with one attached hydrogen (secondary N) is 1. The molecule has 6 nitrogen and oxygen atoms in total. The molecule has 2 aromatic rings. The molecule has 0 aliphatic heterocycles. The minimum absolute atomic E-state index is 0.0284. The number of aryl methyl sites for hydroxylation is 3. The maximum atomic E-state index is 12.4. The van der Waals surface area contributed by atoms with Crippen molar-refractivity contribution in [3.63, 3.8) is 0 Å². The Hall–Kier alpha value is -2.71. The largest absolute Gasteiger partial charge is 0.481 e. The highest BCUT2D eigenvalue weighted by atomic mass is 19.4. The van der Waals surface area contributed by atoms with Crippen LogP contribution < -0.4 is 10.1 Å². The highest BCUT2D eigenvalue weighted by Gasteiger charge is 2.30. The number of hydrogen-bond donors (Lipinski definition) is 2. The van der Waals surface area contributed by atoms with Crippen molar-refractivity contribution in [1.82, 2.24) is 9.78 Å². The maximum absolute atomic E-state index is 12.4. The van der Waals surface area contributed by atoms with Gasteiger partial charge in [-0.15, -0.1) is 0 Å². The number of aromatic nitrogens is 2. The number of carbonyl (C=O) groups is 1. The zero-order valence-electron chi connectivity index (χ0n) is 14.4. The average molecular weight is 371 g/mol. The quantitative estimate of drug-likeness (QED) is 0.745. The van der Waals surface area contributed by atoms with Crippen molar-refractivity contribution in [2.75, 3.05) is 11.9 Å². The molecule has 0 aliphatic carbocycles. The van der Waals surface area contributed by atoms with Crippen molar-refractivity contribution in [3.05, 3.63) is 41.1 Å². The highest BCUT2D eigenvalue weighted by molar-refractivity contribution is 5.67. The van der Waals surface area contributed by atoms with Gasteiger partial charge in [0.1, 0.15) is 0 Å². The van der Waals surface area contributed by atoms with E-state index in [9.17, 15) is 18.0 Å². The number of ether oxygens (including phenoxy) is 1. The molecule has 0 fully saturated rings. The monoisotopic (exact) mass is 371 g/mol. The molecule has 1 heterocycles. The van der Waals surface area contributed by atoms with Gasteiger partial charge in [0.15, 0.2) is 6.61 Å². The number of nitrogens with zero attached hydrogens (tertiary/aromatic N) is 2. The second-order valence-electron chi connectivity index (χ2n) is 5.84. The van der Waals surface area contributed by atoms with Crippen molar-refractivity contribution >= 4 is 11.7 Å². The topological polar surface area (TPSA) is 76.4 Å². The van der Waals surface area contributed by atoms with Gasteiger partial charge in [-0.25, -0.2) is 4.68 Å². The zero-order valence-corrected chi connectivity index (χ0v) is 14.4. The molecule has 0 radical (unpaired) electrons. The van der Waals surface area contributed by atoms with E-state index in [1.165, 1.54) is 11.7 Å². The van der Waals surface area contributed by atoms with E-state index in [4.69, 9.17) is 9.84 Å². The molecule has 0 atom stereocenters. The molecule has 0 saturated carbocycles. The summed E-state index contributed by atoms with van der Waals surface area (Å²) in [5.41, 5.74) is 2.69. The summed E-state index contributed by atoms with van der Waals surface area (Å²) in [7, 11) is 1.52. The lowest BCUT2D eigenvalue weighted by molar-refractivity contribution is -0.154. The Morgan fingerprint density at radius 2 is 2.12 bits per heavy atom. The Morgan fingerprint density at radius 3 is 2.77 bits per heavy atom. The molecule has 0 spiro atoms. The summed E-state index contributed by atoms with van der Waals surface area (Å²) in [5.74, 6) is -0.810. The lowest BCUT2D eigenvalue weighted by Gasteiger charge is -2.12. The molecule has 9 heteroatoms. The molecule has 0 bridgehead atoms. The minimum atomic E-state index is -4.43. The van der Waals surface area contributed by atoms with Crippen LogP contribution in [0.1, 0.15) is 23.2 Å². The van der Waals surface area contributed by atoms with Crippen molar-refractivity contribution < 1.29 is 27.8 Å². The molecule has 26 heavy (non-hydrogen) atoms. The Labute approximate surface area is 148 Å². The van der Waals surface area contributed by atoms with Crippen LogP contribution in [0.25, 0.3) is 0 Å². The standard InChI is InChI=1S/C17H20F3N3O3/c1-11-14(16(23(2)22-11)26-10-17(18,19)20)9-21-13-5-3-4-12(8-13)6-7-15(24)25/h3-5,8,21H,6-7,9-10H2,1-2H3,(H,24,25). The molecule has 2 rings (SSSR count). The summed E-state index contributed by atoms with van der Waals surface area (Å²) in [6.07, 6.45) is -4.00. The van der Waals surface area contributed by atoms with Gasteiger partial charge in [-0.3, -0.25) is 4.79 Å². The van der Waals surface area contributed by atoms with Gasteiger partial charge in [0.05, 0.1) is 11.3 Å². The van der Waals surface area contributed by atoms with Crippen LogP contribution in [0.2, 0.25) is 0 Å². The van der Waals surface area contributed by atoms with E-state index >= 15 is 0 Å². The number of alkyl halides is 3. The summed E-state index contributed by atoms with van der Waals surface area (Å²) in [6.45, 7) is 0.541. The molecular weight excluding hydrogens is 351 g/mol. The van der Waals surface area contributed by atoms with Crippen molar-refractivity contribution in [1.29, 1.82) is 0 Å². The summed E-state index contributed by atoms with van der Waals surface area (Å²) in [5, 5.41) is 16.0. The smallest absolute Gasteiger partial charge is 0.422 e. The first-order chi connectivity index (χ1) is 12.2. The van der Waals surface area contributed by atoms with Crippen LogP contribution >= 0.6 is 0 Å². The summed E-state index contributed by atoms with van der Waals surface area (Å²) in [6, 6.07) is 7.22. The Kier molecular flexibility index (Phi) is 6.12. The van der Waals surface area contributed by atoms with Crippen molar-refractivity contribution in [3.8, 4) is 5.88 Å². The summed E-state index contributed by atoms with van der Waals surface area (Å²) in [4.78, 5) is 10.7. The molecular formula is C17H20F3N3O3. The molecule has 0 aliphatic rings. The third-order valence-corrected chi connectivity index (χ3v) is 3.69. The van der Waals surface area contributed by atoms with Crippen molar-refractivity contribution in [2.45, 2.75) is 32.5 Å². The van der Waals surface area contributed by atoms with Crippen LogP contribution in [0.4, 0.5) is 18.9 Å². The van der Waals surface area contributed by atoms with Crippen LogP contribution in [0, 0.1) is 6.92 Å². The predicted octanol–water partition coefficient (Wildman–Crippen LogP) is 3.30. The average Bonchev–Trinajstić information content (AvgIpc) is 2.82. The number of carboxylic acid groups (broad SMARTS) is 1. The number of halogens is 3. The number of hydrogen-bond acceptors (Lipinski definition) is 4. The number of rotatable bonds is 8. The van der Waals surface area contributed by atoms with E-state index in [1.54, 1.807) is 19.1 Å². The number of anilines is 1. The highest BCUT2D eigenvalue weighted by Crippen LogP contribution is 2.25. The molecule has 1 aromatic heterocycles. The van der Waals surface area contributed by atoms with E-state index in [1.807, 2.05) is 12.1 Å². The van der Waals surface area contributed by atoms with Gasteiger partial charge < -0.3 is 15.2 Å². The van der Waals surface area contributed by atoms with E-state index in [2.05, 4.69) is 10.4 Å². The van der Waals surface area contributed by atoms with E-state index in [-0.39, 0.29) is 18.8 Å². The van der Waals surface area contributed by atoms with E-state index < -0.39 is 18.8 Å². The van der Waals surface area contributed by atoms with Crippen LogP contribution in [-0.2, 0) is 24.8 Å². The normalized spacial score (nSPS) is 11.4. The van der Waals surface area contributed by atoms with Crippen LogP contribution in [0.5, 0.6) is 5.88 Å². The SMILES string of the molecule is Cc1nn(C)c(OCC(F)(F)F)c1CNc1cccc(CCC(=O)O)c1. The van der Waals surface area contributed by atoms with Gasteiger partial charge in [0.2, 0.25) is 5.88 Å². The Balaban J connectivity index is 2.07. The first-order valence-electron chi connectivity index (χ1n) is 7.92. The zero-order chi connectivity index (χ0) is 19.3. The first kappa shape index (κ1) is 19.6. The second kappa shape index (κ2) is 8.11. The molecule has 1 aromatic carbocycles. The van der Waals surface area contributed by atoms with Gasteiger partial charge in [0, 0.05) is 25.7 Å². The fourth-order valence-electron chi connectivity index (χ4n) is 2.49. The Morgan fingerprint density at radius 1 is 1.38 bits per heavy atom. The van der Waals surface area contributed by atoms with Crippen LogP contribution in [-0.4, -0.2) is 33.6 Å². The molecule has 2 N–H and O–H groups in total. The van der Waals surface area contributed by atoms with Gasteiger partial charge in [0.25, 0.3) is 0 Å². The van der Waals surface area contributed by atoms with Gasteiger partial charge in [-0.2, -0.15) is 18.3 Å². The lowest BCUT2D eigenvalue weighted by Crippen LogP contribution is -2.21. The maximum Gasteiger partial charge on any atom is 0.422 e. The van der Waals surface area contributed by atoms with Crippen LogP contribution in [0.15, 0.2) is 24.3 Å². The minimum Gasteiger partial charge on any atom is -0.481 e. The number of aliphatic carboxylic acids is 1. The molecule has 142 valence electrons. The molecule has 0 amide bonds. The predicted molar refractivity (Wildman–Crippen MR) is 89.2 cm³/mol. The lowest BCUT2D eigenvalue weighted by atomic mass is 10.1. The van der Waals surface area contributed by atoms with Gasteiger partial charge in [-0.05, 0) is 31.0 Å². The van der Waals surface area contributed by atoms with Gasteiger partial charge in [-0.1, -0.05) is 12.1 Å². The summed E-state index contributed by atoms with van der Waals surface area (Å²) >= 11 is 0. The fourth-order valence-corrected chi connectivity index (χ4v) is 2.49. The number of benzene rings is 1. The van der Waals surface area contributed by atoms with Crippen LogP contribution in [0.3, 0.4) is 0 Å².